The summed E-state index contributed by atoms with van der Waals surface area (Å²) in [7, 11) is -3.20. The van der Waals surface area contributed by atoms with E-state index in [-0.39, 0.29) is 36.1 Å². The van der Waals surface area contributed by atoms with Gasteiger partial charge in [0.05, 0.1) is 25.9 Å². The Kier molecular flexibility index (Phi) is 7.18. The van der Waals surface area contributed by atoms with Gasteiger partial charge in [0.15, 0.2) is 35.1 Å². The van der Waals surface area contributed by atoms with Crippen molar-refractivity contribution in [3.05, 3.63) is 29.3 Å². The van der Waals surface area contributed by atoms with E-state index >= 15 is 0 Å². The summed E-state index contributed by atoms with van der Waals surface area (Å²) in [5, 5.41) is 0. The van der Waals surface area contributed by atoms with Crippen LogP contribution in [0.4, 0.5) is 11.8 Å². The summed E-state index contributed by atoms with van der Waals surface area (Å²) in [6.07, 6.45) is -3.89. The van der Waals surface area contributed by atoms with Crippen LogP contribution >= 0.6 is 6.72 Å². The third-order valence-corrected chi connectivity index (χ3v) is 10.9. The lowest BCUT2D eigenvalue weighted by molar-refractivity contribution is -0.183. The summed E-state index contributed by atoms with van der Waals surface area (Å²) in [6.45, 7) is -5.29. The predicted octanol–water partition coefficient (Wildman–Crippen LogP) is -2.45. The average molecular weight is 716 g/mol. The number of aromatic amines is 1. The van der Waals surface area contributed by atoms with Crippen molar-refractivity contribution in [1.29, 1.82) is 0 Å². The first kappa shape index (κ1) is 31.0. The molecule has 252 valence electrons. The molecule has 0 spiro atoms. The SMILES string of the molecule is CO[C@H]1[C@H]2OP(O)(=S)OC[C@]34CO[C@@H]([C@H](n5cnc6c(N)ncnc65)O3)[C@@H]4OS(=O)(=O)NC[C@H]1O[C@H]2n1cnc2c(=O)[nH]c(N)nc21. The lowest BCUT2D eigenvalue weighted by Crippen LogP contribution is -2.48. The van der Waals surface area contributed by atoms with Crippen molar-refractivity contribution in [3.8, 4) is 0 Å². The topological polar surface area (TPSA) is 290 Å². The number of imidazole rings is 2. The van der Waals surface area contributed by atoms with Crippen LogP contribution in [-0.4, -0.2) is 115 Å². The van der Waals surface area contributed by atoms with Crippen molar-refractivity contribution >= 4 is 62.9 Å². The van der Waals surface area contributed by atoms with Crippen LogP contribution in [0.5, 0.6) is 0 Å². The second kappa shape index (κ2) is 10.9. The molecule has 4 aromatic heterocycles. The maximum Gasteiger partial charge on any atom is 0.336 e. The van der Waals surface area contributed by atoms with Gasteiger partial charge in [0, 0.05) is 13.7 Å². The number of nitrogens with one attached hydrogen (secondary N) is 2. The van der Waals surface area contributed by atoms with Crippen molar-refractivity contribution in [2.75, 3.05) is 38.3 Å². The van der Waals surface area contributed by atoms with Crippen molar-refractivity contribution in [2.24, 2.45) is 0 Å². The minimum atomic E-state index is -4.54. The maximum absolute atomic E-state index is 13.4. The minimum absolute atomic E-state index is 0.0258. The molecule has 0 amide bonds. The molecule has 0 aliphatic carbocycles. The standard InChI is InChI=1S/C22H26N11O11PS2/c1-38-11-8-2-29-47(36,37)44-14-13-20(32-6-27-9-15(23)25-5-26-16(9)32)42-22(14,3-39-13)4-40-45(35,46)43-12(11)19(41-8)33-7-28-10-17(33)30-21(24)31-18(10)34/h5-8,11-14,19-20,29H,2-4H2,1H3,(H,35,46)(H2,23,25,26)(H3,24,30,31,34)/t8-,11-,12-,13-,14+,19-,20-,22+,45?/m1/s1. The molecule has 9 atom stereocenters. The number of anilines is 2. The van der Waals surface area contributed by atoms with Gasteiger partial charge in [0.1, 0.15) is 48.0 Å². The first-order valence-corrected chi connectivity index (χ1v) is 17.9. The van der Waals surface area contributed by atoms with Crippen LogP contribution in [0, 0.1) is 0 Å². The number of ether oxygens (including phenoxy) is 4. The maximum atomic E-state index is 13.4. The first-order valence-electron chi connectivity index (χ1n) is 13.9. The number of nitrogens with two attached hydrogens (primary N) is 2. The molecular formula is C22H26N11O11PS2. The number of methoxy groups -OCH3 is 1. The molecule has 1 unspecified atom stereocenters. The fourth-order valence-electron chi connectivity index (χ4n) is 6.27. The van der Waals surface area contributed by atoms with Crippen molar-refractivity contribution in [1.82, 2.24) is 43.8 Å². The van der Waals surface area contributed by atoms with Gasteiger partial charge in [-0.05, 0) is 11.8 Å². The molecular weight excluding hydrogens is 689 g/mol. The molecule has 4 saturated heterocycles. The summed E-state index contributed by atoms with van der Waals surface area (Å²) in [5.74, 6) is -0.0649. The zero-order valence-electron chi connectivity index (χ0n) is 24.0. The lowest BCUT2D eigenvalue weighted by Gasteiger charge is -2.33. The van der Waals surface area contributed by atoms with Gasteiger partial charge in [-0.25, -0.2) is 24.1 Å². The molecule has 8 heterocycles. The molecule has 0 radical (unpaired) electrons. The van der Waals surface area contributed by atoms with E-state index in [0.29, 0.717) is 11.2 Å². The van der Waals surface area contributed by atoms with E-state index in [4.69, 9.17) is 55.5 Å². The van der Waals surface area contributed by atoms with E-state index < -0.39 is 77.8 Å². The fourth-order valence-corrected chi connectivity index (χ4v) is 8.70. The first-order chi connectivity index (χ1) is 22.4. The number of hydrogen-bond acceptors (Lipinski definition) is 18. The van der Waals surface area contributed by atoms with E-state index in [1.165, 1.54) is 35.2 Å². The normalized spacial score (nSPS) is 37.0. The molecule has 7 N–H and O–H groups in total. The molecule has 0 saturated carbocycles. The molecule has 4 fully saturated rings. The van der Waals surface area contributed by atoms with Gasteiger partial charge in [-0.3, -0.25) is 23.4 Å². The van der Waals surface area contributed by atoms with Crippen LogP contribution in [-0.2, 0) is 54.3 Å². The third-order valence-electron chi connectivity index (χ3n) is 8.34. The third kappa shape index (κ3) is 5.03. The molecule has 22 nitrogen and oxygen atoms in total. The summed E-state index contributed by atoms with van der Waals surface area (Å²) >= 11 is 5.42. The smallest absolute Gasteiger partial charge is 0.336 e. The van der Waals surface area contributed by atoms with Gasteiger partial charge in [0.25, 0.3) is 5.56 Å². The molecule has 8 rings (SSSR count). The summed E-state index contributed by atoms with van der Waals surface area (Å²) in [5.41, 5.74) is 10.1. The highest BCUT2D eigenvalue weighted by Gasteiger charge is 2.65. The Bertz CT molecular complexity index is 2110. The zero-order chi connectivity index (χ0) is 32.9. The van der Waals surface area contributed by atoms with E-state index in [2.05, 4.69) is 34.6 Å². The monoisotopic (exact) mass is 715 g/mol. The van der Waals surface area contributed by atoms with Crippen LogP contribution in [0.2, 0.25) is 0 Å². The van der Waals surface area contributed by atoms with Crippen LogP contribution in [0.1, 0.15) is 12.5 Å². The Morgan fingerprint density at radius 3 is 2.66 bits per heavy atom. The van der Waals surface area contributed by atoms with E-state index in [9.17, 15) is 18.1 Å². The van der Waals surface area contributed by atoms with Gasteiger partial charge in [0.2, 0.25) is 5.95 Å². The van der Waals surface area contributed by atoms with Crippen LogP contribution < -0.4 is 21.7 Å². The van der Waals surface area contributed by atoms with Crippen LogP contribution in [0.25, 0.3) is 22.3 Å². The van der Waals surface area contributed by atoms with Gasteiger partial charge in [-0.15, -0.1) is 0 Å². The molecule has 47 heavy (non-hydrogen) atoms. The Morgan fingerprint density at radius 1 is 1.11 bits per heavy atom. The highest BCUT2D eigenvalue weighted by molar-refractivity contribution is 8.07. The highest BCUT2D eigenvalue weighted by atomic mass is 32.5. The quantitative estimate of drug-likeness (QED) is 0.138. The largest absolute Gasteiger partial charge is 0.382 e. The molecule has 0 aromatic carbocycles. The van der Waals surface area contributed by atoms with Crippen molar-refractivity contribution in [3.63, 3.8) is 0 Å². The highest BCUT2D eigenvalue weighted by Crippen LogP contribution is 2.54. The fraction of sp³-hybridized carbons (Fsp3) is 0.545. The van der Waals surface area contributed by atoms with Crippen molar-refractivity contribution in [2.45, 2.75) is 48.6 Å². The number of nitrogen functional groups attached to an aromatic ring is 2. The van der Waals surface area contributed by atoms with Crippen LogP contribution in [0.3, 0.4) is 0 Å². The summed E-state index contributed by atoms with van der Waals surface area (Å²) in [6, 6.07) is 0. The van der Waals surface area contributed by atoms with Gasteiger partial charge >= 0.3 is 17.0 Å². The van der Waals surface area contributed by atoms with E-state index in [1.807, 2.05) is 0 Å². The van der Waals surface area contributed by atoms with Gasteiger partial charge in [-0.1, -0.05) is 0 Å². The summed E-state index contributed by atoms with van der Waals surface area (Å²) < 4.78 is 73.7. The second-order valence-corrected chi connectivity index (χ2v) is 15.3. The molecule has 4 aliphatic rings. The molecule has 4 bridgehead atoms. The Morgan fingerprint density at radius 2 is 1.87 bits per heavy atom. The lowest BCUT2D eigenvalue weighted by atomic mass is 10.0. The average Bonchev–Trinajstić information content (AvgIpc) is 3.82. The van der Waals surface area contributed by atoms with Gasteiger partial charge in [-0.2, -0.15) is 18.1 Å². The Labute approximate surface area is 268 Å². The number of hydrogen-bond donors (Lipinski definition) is 5. The zero-order valence-corrected chi connectivity index (χ0v) is 26.5. The van der Waals surface area contributed by atoms with E-state index in [1.54, 1.807) is 0 Å². The number of rotatable bonds is 3. The summed E-state index contributed by atoms with van der Waals surface area (Å²) in [4.78, 5) is 46.9. The molecule has 4 aromatic rings. The van der Waals surface area contributed by atoms with Gasteiger partial charge < -0.3 is 39.8 Å². The number of fused-ring (bicyclic) bond motifs is 4. The Balaban J connectivity index is 1.15. The number of nitrogens with zero attached hydrogens (tertiary/aromatic N) is 7. The number of aromatic nitrogens is 8. The number of H-pyrrole nitrogens is 1. The molecule has 25 heteroatoms. The predicted molar refractivity (Wildman–Crippen MR) is 159 cm³/mol. The van der Waals surface area contributed by atoms with Crippen molar-refractivity contribution < 1.29 is 45.5 Å². The minimum Gasteiger partial charge on any atom is -0.382 e. The Hall–Kier alpha value is -3.26. The van der Waals surface area contributed by atoms with Crippen LogP contribution in [0.15, 0.2) is 23.8 Å². The second-order valence-electron chi connectivity index (χ2n) is 11.1. The molecule has 4 aliphatic heterocycles. The van der Waals surface area contributed by atoms with E-state index in [0.717, 1.165) is 0 Å².